The van der Waals surface area contributed by atoms with Crippen molar-refractivity contribution in [3.8, 4) is 5.75 Å². The number of urea groups is 1. The molecule has 1 heterocycles. The maximum atomic E-state index is 11.8. The number of ether oxygens (including phenoxy) is 1. The van der Waals surface area contributed by atoms with Crippen LogP contribution in [0.5, 0.6) is 5.75 Å². The van der Waals surface area contributed by atoms with E-state index >= 15 is 0 Å². The van der Waals surface area contributed by atoms with E-state index in [0.29, 0.717) is 19.6 Å². The van der Waals surface area contributed by atoms with Crippen LogP contribution in [-0.2, 0) is 22.7 Å². The molecule has 2 N–H and O–H groups in total. The van der Waals surface area contributed by atoms with Crippen molar-refractivity contribution in [2.24, 2.45) is 0 Å². The molecule has 0 aromatic heterocycles. The summed E-state index contributed by atoms with van der Waals surface area (Å²) in [6.07, 6.45) is 5.07. The summed E-state index contributed by atoms with van der Waals surface area (Å²) in [4.78, 5) is 11.8. The molecule has 1 unspecified atom stereocenters. The Hall–Kier alpha value is -1.76. The van der Waals surface area contributed by atoms with Gasteiger partial charge in [0, 0.05) is 6.04 Å². The number of hydrogen-bond donors (Lipinski definition) is 2. The molecule has 0 spiro atoms. The highest BCUT2D eigenvalue weighted by Crippen LogP contribution is 2.29. The molecule has 132 valence electrons. The van der Waals surface area contributed by atoms with Crippen LogP contribution in [0.4, 0.5) is 4.79 Å². The average molecular weight is 352 g/mol. The first-order valence-electron chi connectivity index (χ1n) is 8.52. The van der Waals surface area contributed by atoms with Gasteiger partial charge in [0.25, 0.3) is 0 Å². The van der Waals surface area contributed by atoms with E-state index < -0.39 is 9.84 Å². The van der Waals surface area contributed by atoms with Gasteiger partial charge in [-0.15, -0.1) is 0 Å². The Balaban J connectivity index is 1.40. The van der Waals surface area contributed by atoms with Crippen LogP contribution in [0.15, 0.2) is 18.2 Å². The summed E-state index contributed by atoms with van der Waals surface area (Å²) in [5.41, 5.74) is 2.66. The highest BCUT2D eigenvalue weighted by Gasteiger charge is 2.28. The van der Waals surface area contributed by atoms with Crippen LogP contribution in [0.2, 0.25) is 0 Å². The predicted molar refractivity (Wildman–Crippen MR) is 92.2 cm³/mol. The van der Waals surface area contributed by atoms with Gasteiger partial charge in [-0.2, -0.15) is 0 Å². The lowest BCUT2D eigenvalue weighted by Gasteiger charge is -2.19. The van der Waals surface area contributed by atoms with Crippen molar-refractivity contribution in [2.45, 2.75) is 38.1 Å². The van der Waals surface area contributed by atoms with Crippen molar-refractivity contribution >= 4 is 15.9 Å². The number of nitrogens with one attached hydrogen (secondary N) is 2. The number of sulfone groups is 1. The lowest BCUT2D eigenvalue weighted by atomic mass is 9.91. The van der Waals surface area contributed by atoms with Gasteiger partial charge in [-0.1, -0.05) is 12.1 Å². The first kappa shape index (κ1) is 17.1. The maximum absolute atomic E-state index is 11.8. The first-order valence-corrected chi connectivity index (χ1v) is 10.3. The maximum Gasteiger partial charge on any atom is 0.315 e. The molecule has 2 aliphatic rings. The minimum atomic E-state index is -2.98. The number of hydrogen-bond acceptors (Lipinski definition) is 4. The first-order chi connectivity index (χ1) is 11.5. The van der Waals surface area contributed by atoms with E-state index in [1.54, 1.807) is 0 Å². The number of rotatable bonds is 5. The van der Waals surface area contributed by atoms with E-state index in [2.05, 4.69) is 16.7 Å². The lowest BCUT2D eigenvalue weighted by molar-refractivity contribution is 0.233. The summed E-state index contributed by atoms with van der Waals surface area (Å²) in [7, 11) is -2.98. The SMILES string of the molecule is O=C(NCCOc1cccc2c1CCCC2)NC1CCS(=O)(=O)C1. The lowest BCUT2D eigenvalue weighted by Crippen LogP contribution is -2.43. The summed E-state index contributed by atoms with van der Waals surface area (Å²) in [5.74, 6) is 1.10. The smallest absolute Gasteiger partial charge is 0.315 e. The van der Waals surface area contributed by atoms with Crippen molar-refractivity contribution in [1.82, 2.24) is 10.6 Å². The summed E-state index contributed by atoms with van der Waals surface area (Å²) in [5, 5.41) is 5.42. The van der Waals surface area contributed by atoms with Gasteiger partial charge >= 0.3 is 6.03 Å². The zero-order chi connectivity index (χ0) is 17.0. The molecule has 6 nitrogen and oxygen atoms in total. The molecule has 2 amide bonds. The highest BCUT2D eigenvalue weighted by atomic mass is 32.2. The number of carbonyl (C=O) groups is 1. The van der Waals surface area contributed by atoms with E-state index in [4.69, 9.17) is 4.74 Å². The monoisotopic (exact) mass is 352 g/mol. The average Bonchev–Trinajstić information content (AvgIpc) is 2.90. The zero-order valence-corrected chi connectivity index (χ0v) is 14.5. The normalized spacial score (nSPS) is 21.8. The molecule has 1 saturated heterocycles. The standard InChI is InChI=1S/C17H24N2O4S/c20-17(19-14-8-11-24(21,22)12-14)18-9-10-23-16-7-3-5-13-4-1-2-6-15(13)16/h3,5,7,14H,1-2,4,6,8-12H2,(H2,18,19,20). The summed E-state index contributed by atoms with van der Waals surface area (Å²) < 4.78 is 28.6. The second kappa shape index (κ2) is 7.42. The van der Waals surface area contributed by atoms with Gasteiger partial charge in [0.2, 0.25) is 0 Å². The van der Waals surface area contributed by atoms with Gasteiger partial charge < -0.3 is 15.4 Å². The molecule has 0 radical (unpaired) electrons. The van der Waals surface area contributed by atoms with Gasteiger partial charge in [0.15, 0.2) is 9.84 Å². The van der Waals surface area contributed by atoms with Gasteiger partial charge in [-0.3, -0.25) is 0 Å². The molecule has 3 rings (SSSR count). The van der Waals surface area contributed by atoms with Gasteiger partial charge in [0.1, 0.15) is 12.4 Å². The van der Waals surface area contributed by atoms with Crippen LogP contribution in [0.1, 0.15) is 30.4 Å². The Morgan fingerprint density at radius 1 is 1.25 bits per heavy atom. The van der Waals surface area contributed by atoms with Crippen LogP contribution in [0.25, 0.3) is 0 Å². The van der Waals surface area contributed by atoms with Crippen LogP contribution < -0.4 is 15.4 Å². The van der Waals surface area contributed by atoms with Crippen molar-refractivity contribution in [1.29, 1.82) is 0 Å². The second-order valence-corrected chi connectivity index (χ2v) is 8.68. The third kappa shape index (κ3) is 4.41. The number of carbonyl (C=O) groups excluding carboxylic acids is 1. The number of aryl methyl sites for hydroxylation is 1. The molecule has 7 heteroatoms. The molecule has 1 aromatic rings. The Kier molecular flexibility index (Phi) is 5.28. The molecule has 1 aromatic carbocycles. The molecule has 0 bridgehead atoms. The molecule has 1 atom stereocenters. The van der Waals surface area contributed by atoms with E-state index in [1.165, 1.54) is 24.0 Å². The van der Waals surface area contributed by atoms with Gasteiger partial charge in [0.05, 0.1) is 18.1 Å². The predicted octanol–water partition coefficient (Wildman–Crippen LogP) is 1.43. The molecule has 1 aliphatic heterocycles. The van der Waals surface area contributed by atoms with Gasteiger partial charge in [-0.25, -0.2) is 13.2 Å². The summed E-state index contributed by atoms with van der Waals surface area (Å²) in [6.45, 7) is 0.780. The van der Waals surface area contributed by atoms with Crippen LogP contribution >= 0.6 is 0 Å². The quantitative estimate of drug-likeness (QED) is 0.785. The molecule has 1 fully saturated rings. The third-order valence-electron chi connectivity index (χ3n) is 4.57. The summed E-state index contributed by atoms with van der Waals surface area (Å²) in [6, 6.07) is 5.53. The molecule has 1 aliphatic carbocycles. The Labute approximate surface area is 142 Å². The van der Waals surface area contributed by atoms with Crippen LogP contribution in [-0.4, -0.2) is 45.1 Å². The van der Waals surface area contributed by atoms with Crippen LogP contribution in [0, 0.1) is 0 Å². The molecular weight excluding hydrogens is 328 g/mol. The number of fused-ring (bicyclic) bond motifs is 1. The zero-order valence-electron chi connectivity index (χ0n) is 13.7. The van der Waals surface area contributed by atoms with E-state index in [9.17, 15) is 13.2 Å². The fourth-order valence-electron chi connectivity index (χ4n) is 3.35. The topological polar surface area (TPSA) is 84.5 Å². The third-order valence-corrected chi connectivity index (χ3v) is 6.33. The molecule has 24 heavy (non-hydrogen) atoms. The second-order valence-electron chi connectivity index (χ2n) is 6.45. The van der Waals surface area contributed by atoms with E-state index in [0.717, 1.165) is 18.6 Å². The van der Waals surface area contributed by atoms with Gasteiger partial charge in [-0.05, 0) is 49.3 Å². The Morgan fingerprint density at radius 2 is 2.08 bits per heavy atom. The molecular formula is C17H24N2O4S. The Morgan fingerprint density at radius 3 is 2.88 bits per heavy atom. The van der Waals surface area contributed by atoms with Crippen molar-refractivity contribution < 1.29 is 17.9 Å². The van der Waals surface area contributed by atoms with Crippen molar-refractivity contribution in [2.75, 3.05) is 24.7 Å². The van der Waals surface area contributed by atoms with Crippen molar-refractivity contribution in [3.05, 3.63) is 29.3 Å². The minimum absolute atomic E-state index is 0.0348. The molecule has 0 saturated carbocycles. The largest absolute Gasteiger partial charge is 0.491 e. The Bertz CT molecular complexity index is 703. The number of amides is 2. The fraction of sp³-hybridized carbons (Fsp3) is 0.588. The van der Waals surface area contributed by atoms with E-state index in [1.807, 2.05) is 12.1 Å². The fourth-order valence-corrected chi connectivity index (χ4v) is 5.03. The highest BCUT2D eigenvalue weighted by molar-refractivity contribution is 7.91. The van der Waals surface area contributed by atoms with Crippen molar-refractivity contribution in [3.63, 3.8) is 0 Å². The summed E-state index contributed by atoms with van der Waals surface area (Å²) >= 11 is 0. The van der Waals surface area contributed by atoms with Crippen LogP contribution in [0.3, 0.4) is 0 Å². The van der Waals surface area contributed by atoms with E-state index in [-0.39, 0.29) is 23.6 Å². The minimum Gasteiger partial charge on any atom is -0.491 e. The number of benzene rings is 1.